The van der Waals surface area contributed by atoms with Gasteiger partial charge in [0.1, 0.15) is 6.10 Å². The fourth-order valence-corrected chi connectivity index (χ4v) is 4.70. The normalized spacial score (nSPS) is 13.1. The van der Waals surface area contributed by atoms with Crippen LogP contribution in [0.25, 0.3) is 6.08 Å². The van der Waals surface area contributed by atoms with Crippen LogP contribution in [0.15, 0.2) is 30.8 Å². The molecule has 1 unspecified atom stereocenters. The van der Waals surface area contributed by atoms with Gasteiger partial charge < -0.3 is 8.85 Å². The summed E-state index contributed by atoms with van der Waals surface area (Å²) >= 11 is 0. The highest BCUT2D eigenvalue weighted by atomic mass is 28.4. The number of rotatable bonds is 10. The van der Waals surface area contributed by atoms with Crippen molar-refractivity contribution in [1.29, 1.82) is 0 Å². The molecular weight excluding hydrogens is 284 g/mol. The summed E-state index contributed by atoms with van der Waals surface area (Å²) in [6.45, 7) is 11.0. The van der Waals surface area contributed by atoms with Gasteiger partial charge in [0.25, 0.3) is 0 Å². The van der Waals surface area contributed by atoms with Gasteiger partial charge in [-0.3, -0.25) is 5.26 Å². The van der Waals surface area contributed by atoms with Gasteiger partial charge in [0.15, 0.2) is 0 Å². The van der Waals surface area contributed by atoms with Crippen LogP contribution in [-0.4, -0.2) is 27.0 Å². The maximum Gasteiger partial charge on any atom is 0.335 e. The van der Waals surface area contributed by atoms with E-state index in [0.717, 1.165) is 17.2 Å². The molecule has 0 radical (unpaired) electrons. The summed E-state index contributed by atoms with van der Waals surface area (Å²) in [6.07, 6.45) is 2.08. The first-order valence-electron chi connectivity index (χ1n) is 7.39. The van der Waals surface area contributed by atoms with Crippen LogP contribution in [0.3, 0.4) is 0 Å². The van der Waals surface area contributed by atoms with E-state index in [4.69, 9.17) is 8.85 Å². The Morgan fingerprint density at radius 3 is 2.19 bits per heavy atom. The van der Waals surface area contributed by atoms with Crippen molar-refractivity contribution in [2.45, 2.75) is 39.0 Å². The lowest BCUT2D eigenvalue weighted by Crippen LogP contribution is -2.39. The molecular formula is C16H26O4Si. The predicted octanol–water partition coefficient (Wildman–Crippen LogP) is 4.40. The molecule has 5 heteroatoms. The van der Waals surface area contributed by atoms with Crippen molar-refractivity contribution in [2.75, 3.05) is 13.2 Å². The standard InChI is InChI=1S/C16H26O4Si/c1-5-14-8-10-15(11-9-14)16(20-17)12-13-21(4,18-6-2)19-7-3/h5,8-11,16-17H,1,6-7,12-13H2,2-4H3. The van der Waals surface area contributed by atoms with Gasteiger partial charge in [0.2, 0.25) is 0 Å². The maximum atomic E-state index is 9.18. The minimum absolute atomic E-state index is 0.364. The van der Waals surface area contributed by atoms with Crippen LogP contribution in [0.4, 0.5) is 0 Å². The van der Waals surface area contributed by atoms with Gasteiger partial charge in [-0.1, -0.05) is 36.9 Å². The Bertz CT molecular complexity index is 413. The predicted molar refractivity (Wildman–Crippen MR) is 87.3 cm³/mol. The summed E-state index contributed by atoms with van der Waals surface area (Å²) in [4.78, 5) is 4.65. The summed E-state index contributed by atoms with van der Waals surface area (Å²) in [7, 11) is -2.19. The molecule has 4 nitrogen and oxygen atoms in total. The van der Waals surface area contributed by atoms with Crippen LogP contribution in [-0.2, 0) is 13.7 Å². The Morgan fingerprint density at radius 1 is 1.19 bits per heavy atom. The van der Waals surface area contributed by atoms with Crippen molar-refractivity contribution in [1.82, 2.24) is 0 Å². The molecule has 118 valence electrons. The SMILES string of the molecule is C=Cc1ccc(C(CC[Si](C)(OCC)OCC)OO)cc1. The molecule has 0 bridgehead atoms. The van der Waals surface area contributed by atoms with Crippen LogP contribution in [0.2, 0.25) is 12.6 Å². The molecule has 1 aromatic rings. The zero-order valence-corrected chi connectivity index (χ0v) is 14.2. The molecule has 0 aromatic heterocycles. The van der Waals surface area contributed by atoms with Gasteiger partial charge in [-0.15, -0.1) is 0 Å². The third-order valence-electron chi connectivity index (χ3n) is 3.43. The van der Waals surface area contributed by atoms with E-state index in [9.17, 15) is 5.26 Å². The molecule has 0 spiro atoms. The molecule has 0 aliphatic heterocycles. The Hall–Kier alpha value is -0.983. The average molecular weight is 310 g/mol. The molecule has 0 fully saturated rings. The van der Waals surface area contributed by atoms with Crippen molar-refractivity contribution in [3.63, 3.8) is 0 Å². The van der Waals surface area contributed by atoms with Crippen molar-refractivity contribution >= 4 is 14.6 Å². The van der Waals surface area contributed by atoms with E-state index < -0.39 is 8.56 Å². The molecule has 1 rings (SSSR count). The zero-order chi connectivity index (χ0) is 15.7. The Kier molecular flexibility index (Phi) is 7.85. The van der Waals surface area contributed by atoms with Crippen molar-refractivity contribution in [3.8, 4) is 0 Å². The van der Waals surface area contributed by atoms with Crippen LogP contribution < -0.4 is 0 Å². The third-order valence-corrected chi connectivity index (χ3v) is 6.43. The quantitative estimate of drug-likeness (QED) is 0.395. The summed E-state index contributed by atoms with van der Waals surface area (Å²) < 4.78 is 11.6. The Balaban J connectivity index is 2.69. The van der Waals surface area contributed by atoms with Gasteiger partial charge >= 0.3 is 8.56 Å². The monoisotopic (exact) mass is 310 g/mol. The fourth-order valence-electron chi connectivity index (χ4n) is 2.32. The van der Waals surface area contributed by atoms with Gasteiger partial charge in [0, 0.05) is 13.2 Å². The molecule has 0 saturated heterocycles. The first-order valence-corrected chi connectivity index (χ1v) is 9.91. The van der Waals surface area contributed by atoms with Crippen molar-refractivity contribution in [2.24, 2.45) is 0 Å². The van der Waals surface area contributed by atoms with E-state index in [0.29, 0.717) is 19.6 Å². The molecule has 0 amide bonds. The minimum Gasteiger partial charge on any atom is -0.395 e. The second kappa shape index (κ2) is 9.12. The fraction of sp³-hybridized carbons (Fsp3) is 0.500. The van der Waals surface area contributed by atoms with Gasteiger partial charge in [-0.05, 0) is 44.0 Å². The molecule has 0 saturated carbocycles. The molecule has 21 heavy (non-hydrogen) atoms. The lowest BCUT2D eigenvalue weighted by atomic mass is 10.1. The molecule has 0 heterocycles. The topological polar surface area (TPSA) is 47.9 Å². The first kappa shape index (κ1) is 18.1. The van der Waals surface area contributed by atoms with E-state index >= 15 is 0 Å². The summed E-state index contributed by atoms with van der Waals surface area (Å²) in [6, 6.07) is 8.56. The highest BCUT2D eigenvalue weighted by Crippen LogP contribution is 2.27. The average Bonchev–Trinajstić information content (AvgIpc) is 2.49. The van der Waals surface area contributed by atoms with Crippen LogP contribution >= 0.6 is 0 Å². The summed E-state index contributed by atoms with van der Waals surface area (Å²) in [5.41, 5.74) is 1.98. The second-order valence-electron chi connectivity index (χ2n) is 5.00. The van der Waals surface area contributed by atoms with Crippen molar-refractivity contribution in [3.05, 3.63) is 42.0 Å². The number of benzene rings is 1. The second-order valence-corrected chi connectivity index (χ2v) is 8.35. The minimum atomic E-state index is -2.19. The largest absolute Gasteiger partial charge is 0.395 e. The van der Waals surface area contributed by atoms with E-state index in [1.807, 2.05) is 38.1 Å². The van der Waals surface area contributed by atoms with Crippen LogP contribution in [0.1, 0.15) is 37.5 Å². The van der Waals surface area contributed by atoms with Gasteiger partial charge in [-0.25, -0.2) is 4.89 Å². The lowest BCUT2D eigenvalue weighted by molar-refractivity contribution is -0.282. The summed E-state index contributed by atoms with van der Waals surface area (Å²) in [5.74, 6) is 0. The van der Waals surface area contributed by atoms with Gasteiger partial charge in [0.05, 0.1) is 0 Å². The summed E-state index contributed by atoms with van der Waals surface area (Å²) in [5, 5.41) is 9.18. The van der Waals surface area contributed by atoms with E-state index in [1.54, 1.807) is 6.08 Å². The third kappa shape index (κ3) is 5.72. The first-order chi connectivity index (χ1) is 10.1. The number of hydrogen-bond donors (Lipinski definition) is 1. The number of hydrogen-bond acceptors (Lipinski definition) is 4. The van der Waals surface area contributed by atoms with E-state index in [2.05, 4.69) is 18.0 Å². The molecule has 0 aliphatic rings. The molecule has 1 atom stereocenters. The highest BCUT2D eigenvalue weighted by molar-refractivity contribution is 6.66. The lowest BCUT2D eigenvalue weighted by Gasteiger charge is -2.27. The van der Waals surface area contributed by atoms with Crippen LogP contribution in [0, 0.1) is 0 Å². The molecule has 1 aromatic carbocycles. The molecule has 1 N–H and O–H groups in total. The van der Waals surface area contributed by atoms with E-state index in [-0.39, 0.29) is 6.10 Å². The van der Waals surface area contributed by atoms with Gasteiger partial charge in [-0.2, -0.15) is 0 Å². The van der Waals surface area contributed by atoms with Crippen LogP contribution in [0.5, 0.6) is 0 Å². The zero-order valence-electron chi connectivity index (χ0n) is 13.2. The molecule has 0 aliphatic carbocycles. The van der Waals surface area contributed by atoms with Crippen molar-refractivity contribution < 1.29 is 19.0 Å². The Labute approximate surface area is 128 Å². The highest BCUT2D eigenvalue weighted by Gasteiger charge is 2.32. The Morgan fingerprint density at radius 2 is 1.76 bits per heavy atom. The van der Waals surface area contributed by atoms with E-state index in [1.165, 1.54) is 0 Å². The maximum absolute atomic E-state index is 9.18. The smallest absolute Gasteiger partial charge is 0.335 e.